The first-order valence-electron chi connectivity index (χ1n) is 6.24. The molecule has 0 amide bonds. The van der Waals surface area contributed by atoms with Gasteiger partial charge in [0, 0.05) is 18.9 Å². The van der Waals surface area contributed by atoms with E-state index >= 15 is 0 Å². The first-order chi connectivity index (χ1) is 9.49. The van der Waals surface area contributed by atoms with E-state index in [2.05, 4.69) is 9.71 Å². The van der Waals surface area contributed by atoms with Crippen LogP contribution in [-0.2, 0) is 16.4 Å². The average molecular weight is 291 g/mol. The largest absolute Gasteiger partial charge is 0.398 e. The Bertz CT molecular complexity index is 699. The van der Waals surface area contributed by atoms with Gasteiger partial charge in [-0.25, -0.2) is 13.1 Å². The predicted octanol–water partition coefficient (Wildman–Crippen LogP) is 1.49. The highest BCUT2D eigenvalue weighted by Gasteiger charge is 2.16. The molecule has 20 heavy (non-hydrogen) atoms. The number of aryl methyl sites for hydroxylation is 1. The molecule has 3 N–H and O–H groups in total. The number of hydrogen-bond donors (Lipinski definition) is 2. The summed E-state index contributed by atoms with van der Waals surface area (Å²) >= 11 is 0. The van der Waals surface area contributed by atoms with E-state index in [1.807, 2.05) is 31.2 Å². The van der Waals surface area contributed by atoms with Gasteiger partial charge in [-0.05, 0) is 25.0 Å². The van der Waals surface area contributed by atoms with Crippen LogP contribution in [0.2, 0.25) is 0 Å². The lowest BCUT2D eigenvalue weighted by molar-refractivity contribution is 0.581. The highest BCUT2D eigenvalue weighted by Crippen LogP contribution is 2.15. The number of nitrogens with one attached hydrogen (secondary N) is 1. The third kappa shape index (κ3) is 3.55. The van der Waals surface area contributed by atoms with Crippen molar-refractivity contribution < 1.29 is 8.42 Å². The number of nitrogens with zero attached hydrogens (tertiary/aromatic N) is 1. The summed E-state index contributed by atoms with van der Waals surface area (Å²) in [5.74, 6) is 0. The Morgan fingerprint density at radius 1 is 1.30 bits per heavy atom. The molecule has 5 nitrogen and oxygen atoms in total. The SMILES string of the molecule is Cc1cccc(CCNS(=O)(=O)c2cnccc2N)c1. The molecule has 0 radical (unpaired) electrons. The molecule has 0 bridgehead atoms. The molecular formula is C14H17N3O2S. The molecule has 0 unspecified atom stereocenters. The van der Waals surface area contributed by atoms with Gasteiger partial charge in [0.2, 0.25) is 10.0 Å². The molecule has 2 rings (SSSR count). The number of sulfonamides is 1. The van der Waals surface area contributed by atoms with Gasteiger partial charge in [0.1, 0.15) is 4.90 Å². The van der Waals surface area contributed by atoms with Gasteiger partial charge in [-0.1, -0.05) is 29.8 Å². The summed E-state index contributed by atoms with van der Waals surface area (Å²) in [6.07, 6.45) is 3.34. The molecule has 1 aromatic carbocycles. The normalized spacial score (nSPS) is 11.4. The maximum Gasteiger partial charge on any atom is 0.244 e. The van der Waals surface area contributed by atoms with E-state index in [0.717, 1.165) is 11.1 Å². The van der Waals surface area contributed by atoms with Gasteiger partial charge in [-0.3, -0.25) is 4.98 Å². The molecule has 0 atom stereocenters. The highest BCUT2D eigenvalue weighted by molar-refractivity contribution is 7.89. The zero-order chi connectivity index (χ0) is 14.6. The van der Waals surface area contributed by atoms with Crippen molar-refractivity contribution in [3.63, 3.8) is 0 Å². The molecule has 2 aromatic rings. The lowest BCUT2D eigenvalue weighted by atomic mass is 10.1. The second-order valence-electron chi connectivity index (χ2n) is 4.55. The smallest absolute Gasteiger partial charge is 0.244 e. The minimum Gasteiger partial charge on any atom is -0.398 e. The molecule has 106 valence electrons. The van der Waals surface area contributed by atoms with Crippen molar-refractivity contribution in [3.05, 3.63) is 53.9 Å². The summed E-state index contributed by atoms with van der Waals surface area (Å²) in [6, 6.07) is 9.43. The van der Waals surface area contributed by atoms with Gasteiger partial charge >= 0.3 is 0 Å². The van der Waals surface area contributed by atoms with Crippen LogP contribution in [-0.4, -0.2) is 19.9 Å². The van der Waals surface area contributed by atoms with E-state index in [1.54, 1.807) is 0 Å². The van der Waals surface area contributed by atoms with E-state index in [4.69, 9.17) is 5.73 Å². The van der Waals surface area contributed by atoms with E-state index in [1.165, 1.54) is 18.5 Å². The third-order valence-electron chi connectivity index (χ3n) is 2.89. The predicted molar refractivity (Wildman–Crippen MR) is 78.7 cm³/mol. The molecular weight excluding hydrogens is 274 g/mol. The van der Waals surface area contributed by atoms with Crippen molar-refractivity contribution in [2.75, 3.05) is 12.3 Å². The Labute approximate surface area is 118 Å². The minimum absolute atomic E-state index is 0.0178. The Balaban J connectivity index is 2.02. The van der Waals surface area contributed by atoms with Gasteiger partial charge in [-0.2, -0.15) is 0 Å². The Morgan fingerprint density at radius 3 is 2.80 bits per heavy atom. The monoisotopic (exact) mass is 291 g/mol. The standard InChI is InChI=1S/C14H17N3O2S/c1-11-3-2-4-12(9-11)5-8-17-20(18,19)14-10-16-7-6-13(14)15/h2-4,6-7,9-10,17H,5,8H2,1H3,(H2,15,16). The van der Waals surface area contributed by atoms with Crippen LogP contribution in [0.4, 0.5) is 5.69 Å². The van der Waals surface area contributed by atoms with Gasteiger partial charge in [0.05, 0.1) is 5.69 Å². The average Bonchev–Trinajstić information content (AvgIpc) is 2.39. The summed E-state index contributed by atoms with van der Waals surface area (Å²) in [5, 5.41) is 0. The third-order valence-corrected chi connectivity index (χ3v) is 4.40. The number of nitrogens with two attached hydrogens (primary N) is 1. The first-order valence-corrected chi connectivity index (χ1v) is 7.72. The fourth-order valence-electron chi connectivity index (χ4n) is 1.89. The number of pyridine rings is 1. The second kappa shape index (κ2) is 6.02. The summed E-state index contributed by atoms with van der Waals surface area (Å²) in [6.45, 7) is 2.32. The maximum atomic E-state index is 12.1. The van der Waals surface area contributed by atoms with Crippen molar-refractivity contribution in [2.45, 2.75) is 18.2 Å². The lowest BCUT2D eigenvalue weighted by Crippen LogP contribution is -2.26. The topological polar surface area (TPSA) is 85.1 Å². The van der Waals surface area contributed by atoms with Crippen LogP contribution in [0, 0.1) is 6.92 Å². The van der Waals surface area contributed by atoms with Crippen LogP contribution >= 0.6 is 0 Å². The van der Waals surface area contributed by atoms with E-state index in [0.29, 0.717) is 13.0 Å². The molecule has 0 aliphatic carbocycles. The fraction of sp³-hybridized carbons (Fsp3) is 0.214. The van der Waals surface area contributed by atoms with Crippen LogP contribution in [0.5, 0.6) is 0 Å². The molecule has 6 heteroatoms. The summed E-state index contributed by atoms with van der Waals surface area (Å²) in [4.78, 5) is 3.81. The molecule has 0 aliphatic heterocycles. The quantitative estimate of drug-likeness (QED) is 0.874. The van der Waals surface area contributed by atoms with Gasteiger partial charge in [0.25, 0.3) is 0 Å². The summed E-state index contributed by atoms with van der Waals surface area (Å²) in [5.41, 5.74) is 8.09. The first kappa shape index (κ1) is 14.5. The Morgan fingerprint density at radius 2 is 2.10 bits per heavy atom. The number of aromatic nitrogens is 1. The van der Waals surface area contributed by atoms with Crippen molar-refractivity contribution in [2.24, 2.45) is 0 Å². The van der Waals surface area contributed by atoms with Crippen molar-refractivity contribution in [3.8, 4) is 0 Å². The molecule has 0 aliphatic rings. The minimum atomic E-state index is -3.61. The number of nitrogen functional groups attached to an aromatic ring is 1. The van der Waals surface area contributed by atoms with E-state index in [9.17, 15) is 8.42 Å². The van der Waals surface area contributed by atoms with Crippen LogP contribution in [0.15, 0.2) is 47.6 Å². The molecule has 1 aromatic heterocycles. The Kier molecular flexibility index (Phi) is 4.36. The van der Waals surface area contributed by atoms with Crippen LogP contribution in [0.25, 0.3) is 0 Å². The Hall–Kier alpha value is -1.92. The molecule has 0 saturated heterocycles. The van der Waals surface area contributed by atoms with Gasteiger partial charge in [-0.15, -0.1) is 0 Å². The molecule has 1 heterocycles. The van der Waals surface area contributed by atoms with Crippen LogP contribution in [0.1, 0.15) is 11.1 Å². The van der Waals surface area contributed by atoms with Gasteiger partial charge < -0.3 is 5.73 Å². The van der Waals surface area contributed by atoms with Crippen LogP contribution < -0.4 is 10.5 Å². The van der Waals surface area contributed by atoms with E-state index in [-0.39, 0.29) is 10.6 Å². The lowest BCUT2D eigenvalue weighted by Gasteiger charge is -2.08. The van der Waals surface area contributed by atoms with Gasteiger partial charge in [0.15, 0.2) is 0 Å². The number of benzene rings is 1. The number of rotatable bonds is 5. The highest BCUT2D eigenvalue weighted by atomic mass is 32.2. The maximum absolute atomic E-state index is 12.1. The summed E-state index contributed by atoms with van der Waals surface area (Å²) in [7, 11) is -3.61. The number of anilines is 1. The zero-order valence-corrected chi connectivity index (χ0v) is 12.0. The fourth-order valence-corrected chi connectivity index (χ4v) is 2.99. The molecule has 0 spiro atoms. The van der Waals surface area contributed by atoms with Crippen LogP contribution in [0.3, 0.4) is 0 Å². The summed E-state index contributed by atoms with van der Waals surface area (Å²) < 4.78 is 26.7. The molecule has 0 fully saturated rings. The molecule has 0 saturated carbocycles. The number of hydrogen-bond acceptors (Lipinski definition) is 4. The zero-order valence-electron chi connectivity index (χ0n) is 11.2. The van der Waals surface area contributed by atoms with Crippen molar-refractivity contribution >= 4 is 15.7 Å². The van der Waals surface area contributed by atoms with Crippen molar-refractivity contribution in [1.82, 2.24) is 9.71 Å². The van der Waals surface area contributed by atoms with E-state index < -0.39 is 10.0 Å². The second-order valence-corrected chi connectivity index (χ2v) is 6.29. The van der Waals surface area contributed by atoms with Crippen molar-refractivity contribution in [1.29, 1.82) is 0 Å².